The number of carbonyl (C=O) groups is 1. The van der Waals surface area contributed by atoms with Gasteiger partial charge in [-0.1, -0.05) is 0 Å². The third-order valence-corrected chi connectivity index (χ3v) is 7.02. The second-order valence-electron chi connectivity index (χ2n) is 9.22. The number of aromatic nitrogens is 1. The van der Waals surface area contributed by atoms with Gasteiger partial charge in [-0.2, -0.15) is 26.3 Å². The number of carbonyl (C=O) groups excluding carboxylic acids is 1. The van der Waals surface area contributed by atoms with Crippen molar-refractivity contribution >= 4 is 5.91 Å². The topological polar surface area (TPSA) is 36.4 Å². The van der Waals surface area contributed by atoms with Crippen LogP contribution >= 0.6 is 0 Å². The molecular formula is C24H25F6N3O. The average molecular weight is 485 g/mol. The van der Waals surface area contributed by atoms with Gasteiger partial charge in [0.15, 0.2) is 0 Å². The van der Waals surface area contributed by atoms with E-state index in [1.54, 1.807) is 12.4 Å². The molecule has 2 saturated heterocycles. The summed E-state index contributed by atoms with van der Waals surface area (Å²) < 4.78 is 78.9. The van der Waals surface area contributed by atoms with Crippen molar-refractivity contribution in [1.82, 2.24) is 14.8 Å². The first-order chi connectivity index (χ1) is 16.0. The Hall–Kier alpha value is -2.62. The molecule has 0 unspecified atom stereocenters. The zero-order valence-electron chi connectivity index (χ0n) is 18.4. The normalized spacial score (nSPS) is 19.4. The van der Waals surface area contributed by atoms with Gasteiger partial charge in [-0.3, -0.25) is 14.7 Å². The van der Waals surface area contributed by atoms with Gasteiger partial charge in [-0.25, -0.2) is 0 Å². The second-order valence-corrected chi connectivity index (χ2v) is 9.22. The molecule has 10 heteroatoms. The Morgan fingerprint density at radius 1 is 0.824 bits per heavy atom. The van der Waals surface area contributed by atoms with Crippen LogP contribution in [0.1, 0.15) is 52.7 Å². The van der Waals surface area contributed by atoms with E-state index in [1.165, 1.54) is 10.5 Å². The lowest BCUT2D eigenvalue weighted by atomic mass is 9.71. The highest BCUT2D eigenvalue weighted by molar-refractivity contribution is 5.94. The van der Waals surface area contributed by atoms with Crippen LogP contribution < -0.4 is 0 Å². The van der Waals surface area contributed by atoms with Crippen LogP contribution in [0.2, 0.25) is 0 Å². The average Bonchev–Trinajstić information content (AvgIpc) is 2.80. The van der Waals surface area contributed by atoms with Crippen LogP contribution in [0.3, 0.4) is 0 Å². The van der Waals surface area contributed by atoms with Crippen molar-refractivity contribution in [2.24, 2.45) is 5.41 Å². The summed E-state index contributed by atoms with van der Waals surface area (Å²) in [6, 6.07) is 5.03. The Bertz CT molecular complexity index is 971. The molecular weight excluding hydrogens is 460 g/mol. The summed E-state index contributed by atoms with van der Waals surface area (Å²) >= 11 is 0. The zero-order chi connectivity index (χ0) is 24.6. The molecule has 1 spiro atoms. The van der Waals surface area contributed by atoms with Crippen LogP contribution in [0, 0.1) is 5.41 Å². The van der Waals surface area contributed by atoms with Gasteiger partial charge < -0.3 is 4.90 Å². The van der Waals surface area contributed by atoms with Crippen molar-refractivity contribution in [3.05, 3.63) is 65.0 Å². The maximum Gasteiger partial charge on any atom is 0.416 e. The van der Waals surface area contributed by atoms with Crippen molar-refractivity contribution in [3.8, 4) is 0 Å². The van der Waals surface area contributed by atoms with Gasteiger partial charge in [-0.05, 0) is 80.1 Å². The fourth-order valence-corrected chi connectivity index (χ4v) is 4.88. The molecule has 34 heavy (non-hydrogen) atoms. The number of amides is 1. The van der Waals surface area contributed by atoms with Gasteiger partial charge in [0.2, 0.25) is 0 Å². The summed E-state index contributed by atoms with van der Waals surface area (Å²) in [5.41, 5.74) is -2.28. The molecule has 0 atom stereocenters. The Morgan fingerprint density at radius 3 is 1.82 bits per heavy atom. The first-order valence-corrected chi connectivity index (χ1v) is 11.2. The Morgan fingerprint density at radius 2 is 1.32 bits per heavy atom. The highest BCUT2D eigenvalue weighted by Crippen LogP contribution is 2.42. The lowest BCUT2D eigenvalue weighted by molar-refractivity contribution is -0.143. The quantitative estimate of drug-likeness (QED) is 0.529. The van der Waals surface area contributed by atoms with Crippen molar-refractivity contribution in [3.63, 3.8) is 0 Å². The standard InChI is InChI=1S/C24H25F6N3O/c25-23(26,27)19-13-18(14-20(15-19)24(28,29)30)21(34)33-11-5-22(6-12-33)3-9-32(10-4-22)16-17-1-7-31-8-2-17/h1-2,7-8,13-15H,3-6,9-12,16H2. The molecule has 0 aliphatic carbocycles. The number of piperidine rings is 2. The smallest absolute Gasteiger partial charge is 0.339 e. The van der Waals surface area contributed by atoms with Crippen molar-refractivity contribution < 1.29 is 31.1 Å². The molecule has 0 saturated carbocycles. The zero-order valence-corrected chi connectivity index (χ0v) is 18.4. The van der Waals surface area contributed by atoms with Gasteiger partial charge in [0.25, 0.3) is 5.91 Å². The Labute approximate surface area is 193 Å². The highest BCUT2D eigenvalue weighted by atomic mass is 19.4. The maximum absolute atomic E-state index is 13.2. The number of alkyl halides is 6. The minimum Gasteiger partial charge on any atom is -0.339 e. The third-order valence-electron chi connectivity index (χ3n) is 7.02. The molecule has 2 fully saturated rings. The van der Waals surface area contributed by atoms with Crippen LogP contribution in [-0.2, 0) is 18.9 Å². The van der Waals surface area contributed by atoms with Gasteiger partial charge in [-0.15, -0.1) is 0 Å². The van der Waals surface area contributed by atoms with Crippen LogP contribution in [0.5, 0.6) is 0 Å². The number of nitrogens with zero attached hydrogens (tertiary/aromatic N) is 3. The van der Waals surface area contributed by atoms with Crippen LogP contribution in [0.15, 0.2) is 42.7 Å². The fourth-order valence-electron chi connectivity index (χ4n) is 4.88. The molecule has 1 amide bonds. The summed E-state index contributed by atoms with van der Waals surface area (Å²) in [5, 5.41) is 0. The Balaban J connectivity index is 1.39. The van der Waals surface area contributed by atoms with Crippen molar-refractivity contribution in [2.75, 3.05) is 26.2 Å². The van der Waals surface area contributed by atoms with Crippen LogP contribution in [-0.4, -0.2) is 46.9 Å². The van der Waals surface area contributed by atoms with E-state index in [9.17, 15) is 31.1 Å². The molecule has 2 aliphatic rings. The summed E-state index contributed by atoms with van der Waals surface area (Å²) in [6.07, 6.45) is -3.17. The molecule has 4 rings (SSSR count). The third kappa shape index (κ3) is 5.54. The summed E-state index contributed by atoms with van der Waals surface area (Å²) in [6.45, 7) is 3.28. The number of pyridine rings is 1. The molecule has 2 aromatic rings. The predicted molar refractivity (Wildman–Crippen MR) is 113 cm³/mol. The summed E-state index contributed by atoms with van der Waals surface area (Å²) in [4.78, 5) is 20.6. The largest absolute Gasteiger partial charge is 0.416 e. The van der Waals surface area contributed by atoms with E-state index in [-0.39, 0.29) is 11.5 Å². The highest BCUT2D eigenvalue weighted by Gasteiger charge is 2.40. The molecule has 184 valence electrons. The van der Waals surface area contributed by atoms with Crippen LogP contribution in [0.4, 0.5) is 26.3 Å². The molecule has 1 aromatic carbocycles. The van der Waals surface area contributed by atoms with Crippen LogP contribution in [0.25, 0.3) is 0 Å². The SMILES string of the molecule is O=C(c1cc(C(F)(F)F)cc(C(F)(F)F)c1)N1CCC2(CCN(Cc3ccncc3)CC2)CC1. The number of halogens is 6. The second kappa shape index (κ2) is 9.20. The molecule has 0 radical (unpaired) electrons. The maximum atomic E-state index is 13.2. The summed E-state index contributed by atoms with van der Waals surface area (Å²) in [7, 11) is 0. The van der Waals surface area contributed by atoms with E-state index in [1.807, 2.05) is 12.1 Å². The first-order valence-electron chi connectivity index (χ1n) is 11.2. The molecule has 1 aromatic heterocycles. The molecule has 3 heterocycles. The fraction of sp³-hybridized carbons (Fsp3) is 0.500. The van der Waals surface area contributed by atoms with Gasteiger partial charge in [0, 0.05) is 37.6 Å². The molecule has 4 nitrogen and oxygen atoms in total. The van der Waals surface area contributed by atoms with Gasteiger partial charge in [0.1, 0.15) is 0 Å². The number of rotatable bonds is 3. The number of hydrogen-bond acceptors (Lipinski definition) is 3. The molecule has 2 aliphatic heterocycles. The van der Waals surface area contributed by atoms with E-state index < -0.39 is 35.0 Å². The number of hydrogen-bond donors (Lipinski definition) is 0. The number of likely N-dealkylation sites (tertiary alicyclic amines) is 2. The minimum atomic E-state index is -4.98. The van der Waals surface area contributed by atoms with E-state index in [2.05, 4.69) is 9.88 Å². The minimum absolute atomic E-state index is 0.0434. The predicted octanol–water partition coefficient (Wildman–Crippen LogP) is 5.64. The van der Waals surface area contributed by atoms with E-state index >= 15 is 0 Å². The van der Waals surface area contributed by atoms with Gasteiger partial charge in [0.05, 0.1) is 11.1 Å². The van der Waals surface area contributed by atoms with E-state index in [4.69, 9.17) is 0 Å². The Kier molecular flexibility index (Phi) is 6.63. The molecule has 0 N–H and O–H groups in total. The van der Waals surface area contributed by atoms with E-state index in [0.717, 1.165) is 32.5 Å². The number of benzene rings is 1. The van der Waals surface area contributed by atoms with Crippen molar-refractivity contribution in [2.45, 2.75) is 44.6 Å². The lowest BCUT2D eigenvalue weighted by Crippen LogP contribution is -2.48. The lowest BCUT2D eigenvalue weighted by Gasteiger charge is -2.47. The monoisotopic (exact) mass is 485 g/mol. The van der Waals surface area contributed by atoms with Crippen molar-refractivity contribution in [1.29, 1.82) is 0 Å². The first kappa shape index (κ1) is 24.5. The van der Waals surface area contributed by atoms with Gasteiger partial charge >= 0.3 is 12.4 Å². The summed E-state index contributed by atoms with van der Waals surface area (Å²) in [5.74, 6) is -0.790. The van der Waals surface area contributed by atoms with E-state index in [0.29, 0.717) is 38.1 Å². The molecule has 0 bridgehead atoms.